The van der Waals surface area contributed by atoms with Crippen LogP contribution in [-0.2, 0) is 18.2 Å². The maximum Gasteiger partial charge on any atom is 0.149 e. The van der Waals surface area contributed by atoms with Gasteiger partial charge in [0.15, 0.2) is 0 Å². The first-order valence-electron chi connectivity index (χ1n) is 12.7. The summed E-state index contributed by atoms with van der Waals surface area (Å²) in [7, 11) is 1.93. The lowest BCUT2D eigenvalue weighted by atomic mass is 9.96. The Morgan fingerprint density at radius 3 is 2.57 bits per heavy atom. The van der Waals surface area contributed by atoms with Gasteiger partial charge in [-0.15, -0.1) is 0 Å². The highest BCUT2D eigenvalue weighted by molar-refractivity contribution is 5.94. The fourth-order valence-corrected chi connectivity index (χ4v) is 5.39. The molecule has 2 fully saturated rings. The number of anilines is 1. The third-order valence-electron chi connectivity index (χ3n) is 7.65. The third-order valence-corrected chi connectivity index (χ3v) is 7.65. The third kappa shape index (κ3) is 4.66. The normalized spacial score (nSPS) is 21.7. The Morgan fingerprint density at radius 1 is 1.14 bits per heavy atom. The molecule has 0 aliphatic carbocycles. The van der Waals surface area contributed by atoms with E-state index in [0.717, 1.165) is 71.6 Å². The molecule has 0 unspecified atom stereocenters. The monoisotopic (exact) mass is 483 g/mol. The number of aryl methyl sites for hydroxylation is 4. The van der Waals surface area contributed by atoms with Crippen LogP contribution in [0.4, 0.5) is 14.6 Å². The Bertz CT molecular complexity index is 1200. The van der Waals surface area contributed by atoms with E-state index in [1.807, 2.05) is 32.5 Å². The lowest BCUT2D eigenvalue weighted by Gasteiger charge is -2.37. The molecule has 0 amide bonds. The van der Waals surface area contributed by atoms with E-state index in [0.29, 0.717) is 18.5 Å². The summed E-state index contributed by atoms with van der Waals surface area (Å²) in [5, 5.41) is 9.12. The molecule has 35 heavy (non-hydrogen) atoms. The smallest absolute Gasteiger partial charge is 0.149 e. The summed E-state index contributed by atoms with van der Waals surface area (Å²) in [6.45, 7) is 8.42. The number of hydrogen-bond acceptors (Lipinski definition) is 5. The van der Waals surface area contributed by atoms with Crippen LogP contribution in [-0.4, -0.2) is 59.3 Å². The molecule has 2 aromatic heterocycles. The van der Waals surface area contributed by atoms with Crippen molar-refractivity contribution in [2.75, 3.05) is 31.2 Å². The zero-order valence-electron chi connectivity index (χ0n) is 21.1. The average molecular weight is 484 g/mol. The van der Waals surface area contributed by atoms with Crippen molar-refractivity contribution in [1.82, 2.24) is 20.1 Å². The van der Waals surface area contributed by atoms with E-state index in [1.165, 1.54) is 0 Å². The molecular weight excluding hydrogens is 448 g/mol. The van der Waals surface area contributed by atoms with Gasteiger partial charge < -0.3 is 15.0 Å². The minimum absolute atomic E-state index is 0.143. The van der Waals surface area contributed by atoms with Crippen LogP contribution in [0.15, 0.2) is 18.2 Å². The summed E-state index contributed by atoms with van der Waals surface area (Å²) >= 11 is 0. The van der Waals surface area contributed by atoms with E-state index in [-0.39, 0.29) is 24.5 Å². The molecule has 4 heterocycles. The molecule has 0 spiro atoms. The van der Waals surface area contributed by atoms with Gasteiger partial charge in [-0.2, -0.15) is 5.10 Å². The minimum Gasteiger partial charge on any atom is -0.378 e. The van der Waals surface area contributed by atoms with Crippen LogP contribution >= 0.6 is 0 Å². The summed E-state index contributed by atoms with van der Waals surface area (Å²) in [4.78, 5) is 7.15. The standard InChI is InChI=1S/C27H35F2N5O/c1-5-18-13-20-17(3)25(24-12-16(2)33(4)32-24)27(31-26(20)21(28)14-18)34-9-6-19(7-10-34)30-23-8-11-35-15-22(23)29/h12-14,19,22-23,30H,5-11,15H2,1-4H3/t22-,23-/m0/s1. The van der Waals surface area contributed by atoms with Crippen LogP contribution in [0.5, 0.6) is 0 Å². The van der Waals surface area contributed by atoms with E-state index in [9.17, 15) is 4.39 Å². The van der Waals surface area contributed by atoms with Crippen molar-refractivity contribution in [2.45, 2.75) is 64.7 Å². The molecule has 188 valence electrons. The zero-order chi connectivity index (χ0) is 24.7. The summed E-state index contributed by atoms with van der Waals surface area (Å²) in [5.41, 5.74) is 5.25. The van der Waals surface area contributed by atoms with Crippen LogP contribution in [0.3, 0.4) is 0 Å². The fourth-order valence-electron chi connectivity index (χ4n) is 5.39. The van der Waals surface area contributed by atoms with Gasteiger partial charge in [0, 0.05) is 55.5 Å². The maximum absolute atomic E-state index is 15.2. The first-order chi connectivity index (χ1) is 16.9. The Morgan fingerprint density at radius 2 is 1.91 bits per heavy atom. The molecule has 6 nitrogen and oxygen atoms in total. The second-order valence-electron chi connectivity index (χ2n) is 9.97. The van der Waals surface area contributed by atoms with Gasteiger partial charge in [-0.1, -0.05) is 6.92 Å². The topological polar surface area (TPSA) is 55.2 Å². The molecule has 2 aliphatic rings. The minimum atomic E-state index is -0.957. The number of ether oxygens (including phenoxy) is 1. The van der Waals surface area contributed by atoms with E-state index >= 15 is 4.39 Å². The van der Waals surface area contributed by atoms with Crippen LogP contribution in [0.1, 0.15) is 43.0 Å². The van der Waals surface area contributed by atoms with Gasteiger partial charge in [0.2, 0.25) is 0 Å². The molecule has 3 aromatic rings. The lowest BCUT2D eigenvalue weighted by Crippen LogP contribution is -2.52. The molecule has 0 bridgehead atoms. The second-order valence-corrected chi connectivity index (χ2v) is 9.97. The number of benzene rings is 1. The zero-order valence-corrected chi connectivity index (χ0v) is 21.1. The van der Waals surface area contributed by atoms with Crippen LogP contribution in [0, 0.1) is 19.7 Å². The predicted octanol–water partition coefficient (Wildman–Crippen LogP) is 4.64. The number of halogens is 2. The number of hydrogen-bond donors (Lipinski definition) is 1. The van der Waals surface area contributed by atoms with E-state index in [1.54, 1.807) is 6.07 Å². The van der Waals surface area contributed by atoms with Gasteiger partial charge in [-0.05, 0) is 68.9 Å². The van der Waals surface area contributed by atoms with Gasteiger partial charge in [-0.25, -0.2) is 13.8 Å². The number of rotatable bonds is 5. The molecule has 2 atom stereocenters. The van der Waals surface area contributed by atoms with Crippen molar-refractivity contribution in [1.29, 1.82) is 0 Å². The number of nitrogens with one attached hydrogen (secondary N) is 1. The molecule has 1 aromatic carbocycles. The van der Waals surface area contributed by atoms with Gasteiger partial charge >= 0.3 is 0 Å². The first kappa shape index (κ1) is 24.1. The first-order valence-corrected chi connectivity index (χ1v) is 12.7. The molecule has 0 radical (unpaired) electrons. The molecule has 2 saturated heterocycles. The fraction of sp³-hybridized carbons (Fsp3) is 0.556. The van der Waals surface area contributed by atoms with Gasteiger partial charge in [-0.3, -0.25) is 4.68 Å². The number of alkyl halides is 1. The summed E-state index contributed by atoms with van der Waals surface area (Å²) in [6.07, 6.45) is 2.26. The highest BCUT2D eigenvalue weighted by Gasteiger charge is 2.31. The largest absolute Gasteiger partial charge is 0.378 e. The van der Waals surface area contributed by atoms with E-state index in [2.05, 4.69) is 22.3 Å². The van der Waals surface area contributed by atoms with Crippen molar-refractivity contribution in [3.05, 3.63) is 40.8 Å². The summed E-state index contributed by atoms with van der Waals surface area (Å²) in [6, 6.07) is 5.83. The number of nitrogens with zero attached hydrogens (tertiary/aromatic N) is 4. The number of pyridine rings is 1. The molecular formula is C27H35F2N5O. The molecule has 0 saturated carbocycles. The molecule has 8 heteroatoms. The second kappa shape index (κ2) is 9.82. The maximum atomic E-state index is 15.2. The van der Waals surface area contributed by atoms with Crippen LogP contribution < -0.4 is 10.2 Å². The quantitative estimate of drug-likeness (QED) is 0.573. The SMILES string of the molecule is CCc1cc(F)c2nc(N3CCC(N[C@H]4CCOC[C@@H]4F)CC3)c(-c3cc(C)n(C)n3)c(C)c2c1. The van der Waals surface area contributed by atoms with Crippen LogP contribution in [0.25, 0.3) is 22.2 Å². The van der Waals surface area contributed by atoms with Crippen molar-refractivity contribution >= 4 is 16.7 Å². The van der Waals surface area contributed by atoms with Gasteiger partial charge in [0.25, 0.3) is 0 Å². The Balaban J connectivity index is 1.49. The number of aromatic nitrogens is 3. The Labute approximate surface area is 205 Å². The van der Waals surface area contributed by atoms with Crippen molar-refractivity contribution in [3.63, 3.8) is 0 Å². The summed E-state index contributed by atoms with van der Waals surface area (Å²) < 4.78 is 36.5. The van der Waals surface area contributed by atoms with Gasteiger partial charge in [0.05, 0.1) is 12.3 Å². The number of piperidine rings is 1. The molecule has 1 N–H and O–H groups in total. The Kier molecular flexibility index (Phi) is 6.77. The molecule has 2 aliphatic heterocycles. The lowest BCUT2D eigenvalue weighted by molar-refractivity contribution is 0.0101. The highest BCUT2D eigenvalue weighted by atomic mass is 19.1. The number of fused-ring (bicyclic) bond motifs is 1. The van der Waals surface area contributed by atoms with E-state index < -0.39 is 6.17 Å². The Hall–Kier alpha value is -2.58. The van der Waals surface area contributed by atoms with Gasteiger partial charge in [0.1, 0.15) is 23.3 Å². The van der Waals surface area contributed by atoms with Crippen molar-refractivity contribution in [2.24, 2.45) is 7.05 Å². The van der Waals surface area contributed by atoms with Crippen molar-refractivity contribution < 1.29 is 13.5 Å². The van der Waals surface area contributed by atoms with E-state index in [4.69, 9.17) is 14.8 Å². The average Bonchev–Trinajstić information content (AvgIpc) is 3.18. The van der Waals surface area contributed by atoms with Crippen LogP contribution in [0.2, 0.25) is 0 Å². The molecule has 5 rings (SSSR count). The highest BCUT2D eigenvalue weighted by Crippen LogP contribution is 2.38. The predicted molar refractivity (Wildman–Crippen MR) is 135 cm³/mol. The van der Waals surface area contributed by atoms with Crippen molar-refractivity contribution in [3.8, 4) is 11.3 Å². The summed E-state index contributed by atoms with van der Waals surface area (Å²) in [5.74, 6) is 0.502.